The minimum absolute atomic E-state index is 0.269. The van der Waals surface area contributed by atoms with Gasteiger partial charge in [0.25, 0.3) is 0 Å². The van der Waals surface area contributed by atoms with Crippen LogP contribution in [0.4, 0.5) is 5.69 Å². The number of phenols is 1. The maximum atomic E-state index is 10.1. The molecule has 0 aliphatic rings. The second-order valence-electron chi connectivity index (χ2n) is 4.78. The van der Waals surface area contributed by atoms with Crippen LogP contribution in [-0.4, -0.2) is 5.11 Å². The van der Waals surface area contributed by atoms with Crippen LogP contribution in [0.2, 0.25) is 0 Å². The lowest BCUT2D eigenvalue weighted by molar-refractivity contribution is 0.465. The van der Waals surface area contributed by atoms with E-state index in [1.54, 1.807) is 0 Å². The van der Waals surface area contributed by atoms with Crippen molar-refractivity contribution in [1.29, 1.82) is 0 Å². The molecular formula is C17H13Br2NO. The van der Waals surface area contributed by atoms with Gasteiger partial charge in [0.1, 0.15) is 5.75 Å². The highest BCUT2D eigenvalue weighted by molar-refractivity contribution is 9.11. The standard InChI is InChI=1S/C17H13Br2NO/c18-13-8-12(17(21)15(19)9-13)10-20-16-7-3-5-11-4-1-2-6-14(11)16/h1-9,20-21H,10H2. The number of rotatable bonds is 3. The van der Waals surface area contributed by atoms with Crippen LogP contribution in [0, 0.1) is 0 Å². The second kappa shape index (κ2) is 6.08. The molecule has 0 spiro atoms. The lowest BCUT2D eigenvalue weighted by Gasteiger charge is -2.12. The third-order valence-corrected chi connectivity index (χ3v) is 4.43. The zero-order valence-electron chi connectivity index (χ0n) is 11.1. The van der Waals surface area contributed by atoms with Crippen LogP contribution in [0.3, 0.4) is 0 Å². The first-order valence-corrected chi connectivity index (χ1v) is 8.12. The van der Waals surface area contributed by atoms with E-state index >= 15 is 0 Å². The van der Waals surface area contributed by atoms with E-state index in [1.807, 2.05) is 36.4 Å². The molecule has 0 fully saturated rings. The van der Waals surface area contributed by atoms with Crippen molar-refractivity contribution >= 4 is 48.3 Å². The number of anilines is 1. The quantitative estimate of drug-likeness (QED) is 0.586. The number of phenolic OH excluding ortho intramolecular Hbond substituents is 1. The Bertz CT molecular complexity index is 797. The highest BCUT2D eigenvalue weighted by Gasteiger charge is 2.08. The topological polar surface area (TPSA) is 32.3 Å². The van der Waals surface area contributed by atoms with Gasteiger partial charge < -0.3 is 10.4 Å². The average molecular weight is 407 g/mol. The molecule has 0 amide bonds. The molecule has 3 rings (SSSR count). The molecule has 21 heavy (non-hydrogen) atoms. The SMILES string of the molecule is Oc1c(Br)cc(Br)cc1CNc1cccc2ccccc12. The smallest absolute Gasteiger partial charge is 0.134 e. The van der Waals surface area contributed by atoms with Crippen molar-refractivity contribution in [2.24, 2.45) is 0 Å². The first kappa shape index (κ1) is 14.4. The molecule has 0 radical (unpaired) electrons. The summed E-state index contributed by atoms with van der Waals surface area (Å²) in [6.45, 7) is 0.553. The van der Waals surface area contributed by atoms with Crippen molar-refractivity contribution in [3.8, 4) is 5.75 Å². The Balaban J connectivity index is 1.91. The van der Waals surface area contributed by atoms with Crippen molar-refractivity contribution in [3.05, 3.63) is 69.1 Å². The third-order valence-electron chi connectivity index (χ3n) is 3.37. The number of nitrogens with one attached hydrogen (secondary N) is 1. The summed E-state index contributed by atoms with van der Waals surface area (Å²) in [4.78, 5) is 0. The van der Waals surface area contributed by atoms with Gasteiger partial charge in [-0.3, -0.25) is 0 Å². The molecule has 0 aliphatic heterocycles. The summed E-state index contributed by atoms with van der Waals surface area (Å²) >= 11 is 6.80. The lowest BCUT2D eigenvalue weighted by atomic mass is 10.1. The second-order valence-corrected chi connectivity index (χ2v) is 6.55. The Labute approximate surface area is 140 Å². The molecule has 0 saturated heterocycles. The van der Waals surface area contributed by atoms with Gasteiger partial charge in [-0.2, -0.15) is 0 Å². The van der Waals surface area contributed by atoms with Crippen LogP contribution >= 0.6 is 31.9 Å². The van der Waals surface area contributed by atoms with Gasteiger partial charge in [0.15, 0.2) is 0 Å². The van der Waals surface area contributed by atoms with Gasteiger partial charge in [-0.1, -0.05) is 52.3 Å². The van der Waals surface area contributed by atoms with E-state index < -0.39 is 0 Å². The molecule has 0 heterocycles. The minimum Gasteiger partial charge on any atom is -0.506 e. The normalized spacial score (nSPS) is 10.8. The molecule has 3 aromatic carbocycles. The van der Waals surface area contributed by atoms with Crippen LogP contribution in [0.25, 0.3) is 10.8 Å². The molecule has 0 bridgehead atoms. The third kappa shape index (κ3) is 3.06. The minimum atomic E-state index is 0.269. The average Bonchev–Trinajstić information content (AvgIpc) is 2.49. The van der Waals surface area contributed by atoms with Gasteiger partial charge in [-0.05, 0) is 39.5 Å². The van der Waals surface area contributed by atoms with Gasteiger partial charge in [0.2, 0.25) is 0 Å². The van der Waals surface area contributed by atoms with Crippen molar-refractivity contribution in [1.82, 2.24) is 0 Å². The number of hydrogen-bond donors (Lipinski definition) is 2. The molecular weight excluding hydrogens is 394 g/mol. The van der Waals surface area contributed by atoms with Gasteiger partial charge in [0.05, 0.1) is 4.47 Å². The Morgan fingerprint density at radius 2 is 1.71 bits per heavy atom. The number of aromatic hydroxyl groups is 1. The molecule has 0 aliphatic carbocycles. The Morgan fingerprint density at radius 1 is 0.952 bits per heavy atom. The van der Waals surface area contributed by atoms with Gasteiger partial charge in [-0.25, -0.2) is 0 Å². The van der Waals surface area contributed by atoms with Gasteiger partial charge >= 0.3 is 0 Å². The van der Waals surface area contributed by atoms with Crippen LogP contribution in [0.15, 0.2) is 63.5 Å². The van der Waals surface area contributed by atoms with E-state index in [-0.39, 0.29) is 5.75 Å². The summed E-state index contributed by atoms with van der Waals surface area (Å²) in [5, 5.41) is 15.9. The zero-order chi connectivity index (χ0) is 14.8. The fraction of sp³-hybridized carbons (Fsp3) is 0.0588. The van der Waals surface area contributed by atoms with E-state index in [0.29, 0.717) is 11.0 Å². The fourth-order valence-electron chi connectivity index (χ4n) is 2.32. The monoisotopic (exact) mass is 405 g/mol. The first-order chi connectivity index (χ1) is 10.1. The fourth-order valence-corrected chi connectivity index (χ4v) is 3.64. The van der Waals surface area contributed by atoms with E-state index in [4.69, 9.17) is 0 Å². The summed E-state index contributed by atoms with van der Waals surface area (Å²) < 4.78 is 1.62. The van der Waals surface area contributed by atoms with Crippen molar-refractivity contribution < 1.29 is 5.11 Å². The van der Waals surface area contributed by atoms with Crippen LogP contribution < -0.4 is 5.32 Å². The number of halogens is 2. The predicted molar refractivity (Wildman–Crippen MR) is 94.8 cm³/mol. The number of hydrogen-bond acceptors (Lipinski definition) is 2. The number of benzene rings is 3. The summed E-state index contributed by atoms with van der Waals surface area (Å²) in [7, 11) is 0. The van der Waals surface area contributed by atoms with E-state index in [2.05, 4.69) is 55.4 Å². The van der Waals surface area contributed by atoms with Crippen LogP contribution in [0.5, 0.6) is 5.75 Å². The predicted octanol–water partition coefficient (Wildman–Crippen LogP) is 5.68. The van der Waals surface area contributed by atoms with Gasteiger partial charge in [0, 0.05) is 27.7 Å². The van der Waals surface area contributed by atoms with Crippen LogP contribution in [-0.2, 0) is 6.54 Å². The molecule has 2 nitrogen and oxygen atoms in total. The molecule has 0 unspecified atom stereocenters. The molecule has 0 saturated carbocycles. The maximum absolute atomic E-state index is 10.1. The van der Waals surface area contributed by atoms with E-state index in [0.717, 1.165) is 15.7 Å². The van der Waals surface area contributed by atoms with Crippen LogP contribution in [0.1, 0.15) is 5.56 Å². The molecule has 0 aromatic heterocycles. The maximum Gasteiger partial charge on any atom is 0.134 e. The summed E-state index contributed by atoms with van der Waals surface area (Å²) in [5.41, 5.74) is 1.90. The Kier molecular flexibility index (Phi) is 4.17. The van der Waals surface area contributed by atoms with E-state index in [1.165, 1.54) is 10.8 Å². The lowest BCUT2D eigenvalue weighted by Crippen LogP contribution is -2.00. The Hall–Kier alpha value is -1.52. The van der Waals surface area contributed by atoms with E-state index in [9.17, 15) is 5.11 Å². The largest absolute Gasteiger partial charge is 0.506 e. The molecule has 4 heteroatoms. The molecule has 106 valence electrons. The first-order valence-electron chi connectivity index (χ1n) is 6.53. The number of fused-ring (bicyclic) bond motifs is 1. The van der Waals surface area contributed by atoms with Crippen molar-refractivity contribution in [2.45, 2.75) is 6.54 Å². The molecule has 0 atom stereocenters. The van der Waals surface area contributed by atoms with Gasteiger partial charge in [-0.15, -0.1) is 0 Å². The summed E-state index contributed by atoms with van der Waals surface area (Å²) in [5.74, 6) is 0.269. The molecule has 2 N–H and O–H groups in total. The van der Waals surface area contributed by atoms with Crippen molar-refractivity contribution in [3.63, 3.8) is 0 Å². The highest BCUT2D eigenvalue weighted by atomic mass is 79.9. The van der Waals surface area contributed by atoms with Crippen molar-refractivity contribution in [2.75, 3.05) is 5.32 Å². The molecule has 3 aromatic rings. The summed E-state index contributed by atoms with van der Waals surface area (Å²) in [6, 6.07) is 18.2. The zero-order valence-corrected chi connectivity index (χ0v) is 14.3. The highest BCUT2D eigenvalue weighted by Crippen LogP contribution is 2.32. The Morgan fingerprint density at radius 3 is 2.57 bits per heavy atom. The summed E-state index contributed by atoms with van der Waals surface area (Å²) in [6.07, 6.45) is 0.